The van der Waals surface area contributed by atoms with Crippen LogP contribution in [0.15, 0.2) is 52.8 Å². The van der Waals surface area contributed by atoms with Crippen LogP contribution in [0.4, 0.5) is 4.39 Å². The van der Waals surface area contributed by atoms with Gasteiger partial charge in [-0.15, -0.1) is 0 Å². The van der Waals surface area contributed by atoms with E-state index in [0.717, 1.165) is 18.5 Å². The molecule has 1 N–H and O–H groups in total. The second kappa shape index (κ2) is 5.92. The van der Waals surface area contributed by atoms with Crippen molar-refractivity contribution in [2.24, 2.45) is 0 Å². The summed E-state index contributed by atoms with van der Waals surface area (Å²) < 4.78 is 16.1. The fourth-order valence-corrected chi connectivity index (χ4v) is 2.43. The molecule has 17 heavy (non-hydrogen) atoms. The molecule has 1 aliphatic carbocycles. The monoisotopic (exact) mass is 249 g/mol. The van der Waals surface area contributed by atoms with E-state index in [-0.39, 0.29) is 5.83 Å². The van der Waals surface area contributed by atoms with Crippen molar-refractivity contribution >= 4 is 11.9 Å². The van der Waals surface area contributed by atoms with Crippen molar-refractivity contribution in [3.05, 3.63) is 53.5 Å². The molecule has 0 radical (unpaired) electrons. The Morgan fingerprint density at radius 1 is 1.29 bits per heavy atom. The SMILES string of the molecule is CCc1cccc(SNC2=CC=C(F)CC2)c1. The molecular weight excluding hydrogens is 233 g/mol. The summed E-state index contributed by atoms with van der Waals surface area (Å²) in [7, 11) is 0. The molecule has 0 amide bonds. The first-order valence-electron chi connectivity index (χ1n) is 5.85. The maximum Gasteiger partial charge on any atom is 0.100 e. The van der Waals surface area contributed by atoms with E-state index in [1.807, 2.05) is 6.08 Å². The van der Waals surface area contributed by atoms with E-state index in [9.17, 15) is 4.39 Å². The van der Waals surface area contributed by atoms with Crippen molar-refractivity contribution in [2.45, 2.75) is 31.1 Å². The maximum absolute atomic E-state index is 12.8. The highest BCUT2D eigenvalue weighted by Crippen LogP contribution is 2.22. The maximum atomic E-state index is 12.8. The Morgan fingerprint density at radius 2 is 2.18 bits per heavy atom. The second-order valence-corrected chi connectivity index (χ2v) is 4.89. The smallest absolute Gasteiger partial charge is 0.100 e. The molecule has 0 heterocycles. The first-order valence-corrected chi connectivity index (χ1v) is 6.66. The molecule has 0 aliphatic heterocycles. The molecule has 0 aromatic heterocycles. The fourth-order valence-electron chi connectivity index (χ4n) is 1.65. The van der Waals surface area contributed by atoms with Crippen LogP contribution in [0.1, 0.15) is 25.3 Å². The van der Waals surface area contributed by atoms with E-state index in [2.05, 4.69) is 35.9 Å². The van der Waals surface area contributed by atoms with Crippen molar-refractivity contribution < 1.29 is 4.39 Å². The lowest BCUT2D eigenvalue weighted by Gasteiger charge is -2.12. The van der Waals surface area contributed by atoms with Crippen molar-refractivity contribution in [1.29, 1.82) is 0 Å². The molecule has 1 aliphatic rings. The van der Waals surface area contributed by atoms with Crippen LogP contribution in [-0.2, 0) is 6.42 Å². The molecule has 2 rings (SSSR count). The summed E-state index contributed by atoms with van der Waals surface area (Å²) in [5.74, 6) is -0.0338. The summed E-state index contributed by atoms with van der Waals surface area (Å²) >= 11 is 1.59. The van der Waals surface area contributed by atoms with Crippen molar-refractivity contribution in [3.8, 4) is 0 Å². The zero-order chi connectivity index (χ0) is 12.1. The third-order valence-electron chi connectivity index (χ3n) is 2.71. The molecule has 0 unspecified atom stereocenters. The zero-order valence-electron chi connectivity index (χ0n) is 9.87. The van der Waals surface area contributed by atoms with E-state index >= 15 is 0 Å². The van der Waals surface area contributed by atoms with E-state index in [1.54, 1.807) is 11.9 Å². The van der Waals surface area contributed by atoms with E-state index in [4.69, 9.17) is 0 Å². The predicted octanol–water partition coefficient (Wildman–Crippen LogP) is 4.38. The van der Waals surface area contributed by atoms with Gasteiger partial charge in [-0.25, -0.2) is 4.39 Å². The summed E-state index contributed by atoms with van der Waals surface area (Å²) in [6.45, 7) is 2.15. The van der Waals surface area contributed by atoms with Gasteiger partial charge in [0.25, 0.3) is 0 Å². The number of allylic oxidation sites excluding steroid dienone is 4. The Morgan fingerprint density at radius 3 is 2.88 bits per heavy atom. The third kappa shape index (κ3) is 3.63. The van der Waals surface area contributed by atoms with Crippen LogP contribution < -0.4 is 4.72 Å². The minimum Gasteiger partial charge on any atom is -0.329 e. The summed E-state index contributed by atoms with van der Waals surface area (Å²) in [5.41, 5.74) is 2.42. The van der Waals surface area contributed by atoms with Crippen molar-refractivity contribution in [2.75, 3.05) is 0 Å². The third-order valence-corrected chi connectivity index (χ3v) is 3.56. The van der Waals surface area contributed by atoms with Gasteiger partial charge in [-0.3, -0.25) is 0 Å². The van der Waals surface area contributed by atoms with Gasteiger partial charge in [0.1, 0.15) is 5.83 Å². The van der Waals surface area contributed by atoms with Gasteiger partial charge in [0.2, 0.25) is 0 Å². The van der Waals surface area contributed by atoms with Crippen LogP contribution in [-0.4, -0.2) is 0 Å². The summed E-state index contributed by atoms with van der Waals surface area (Å²) in [4.78, 5) is 1.19. The molecular formula is C14H16FNS. The standard InChI is InChI=1S/C14H16FNS/c1-2-11-4-3-5-14(10-11)17-16-13-8-6-12(15)7-9-13/h3-6,8,10,16H,2,7,9H2,1H3. The van der Waals surface area contributed by atoms with E-state index < -0.39 is 0 Å². The Labute approximate surface area is 106 Å². The highest BCUT2D eigenvalue weighted by molar-refractivity contribution is 7.97. The number of hydrogen-bond acceptors (Lipinski definition) is 2. The molecule has 0 saturated heterocycles. The Kier molecular flexibility index (Phi) is 4.26. The number of benzene rings is 1. The first kappa shape index (κ1) is 12.2. The number of hydrogen-bond donors (Lipinski definition) is 1. The molecule has 0 fully saturated rings. The summed E-state index contributed by atoms with van der Waals surface area (Å²) in [5, 5.41) is 0. The highest BCUT2D eigenvalue weighted by Gasteiger charge is 2.05. The van der Waals surface area contributed by atoms with Crippen LogP contribution in [0.3, 0.4) is 0 Å². The van der Waals surface area contributed by atoms with E-state index in [0.29, 0.717) is 6.42 Å². The fraction of sp³-hybridized carbons (Fsp3) is 0.286. The lowest BCUT2D eigenvalue weighted by molar-refractivity contribution is 0.579. The second-order valence-electron chi connectivity index (χ2n) is 4.01. The molecule has 0 saturated carbocycles. The predicted molar refractivity (Wildman–Crippen MR) is 71.3 cm³/mol. The molecule has 1 aromatic carbocycles. The Balaban J connectivity index is 1.93. The molecule has 0 bridgehead atoms. The average Bonchev–Trinajstić information content (AvgIpc) is 2.38. The van der Waals surface area contributed by atoms with E-state index in [1.165, 1.54) is 16.5 Å². The van der Waals surface area contributed by atoms with Gasteiger partial charge in [-0.1, -0.05) is 19.1 Å². The first-order chi connectivity index (χ1) is 8.28. The van der Waals surface area contributed by atoms with Crippen molar-refractivity contribution in [1.82, 2.24) is 4.72 Å². The molecule has 1 aromatic rings. The van der Waals surface area contributed by atoms with Crippen LogP contribution in [0, 0.1) is 0 Å². The molecule has 0 spiro atoms. The molecule has 1 nitrogen and oxygen atoms in total. The van der Waals surface area contributed by atoms with Gasteiger partial charge in [0.15, 0.2) is 0 Å². The topological polar surface area (TPSA) is 12.0 Å². The molecule has 90 valence electrons. The largest absolute Gasteiger partial charge is 0.329 e. The van der Waals surface area contributed by atoms with Gasteiger partial charge in [-0.05, 0) is 54.6 Å². The lowest BCUT2D eigenvalue weighted by Crippen LogP contribution is -2.05. The number of halogens is 1. The highest BCUT2D eigenvalue weighted by atomic mass is 32.2. The lowest BCUT2D eigenvalue weighted by atomic mass is 10.1. The van der Waals surface area contributed by atoms with Gasteiger partial charge >= 0.3 is 0 Å². The average molecular weight is 249 g/mol. The number of rotatable bonds is 4. The summed E-state index contributed by atoms with van der Waals surface area (Å²) in [6.07, 6.45) is 5.66. The Hall–Kier alpha value is -1.22. The minimum absolute atomic E-state index is 0.0338. The number of aryl methyl sites for hydroxylation is 1. The van der Waals surface area contributed by atoms with Crippen LogP contribution in [0.5, 0.6) is 0 Å². The molecule has 0 atom stereocenters. The zero-order valence-corrected chi connectivity index (χ0v) is 10.7. The van der Waals surface area contributed by atoms with Crippen molar-refractivity contribution in [3.63, 3.8) is 0 Å². The van der Waals surface area contributed by atoms with Gasteiger partial charge in [0.05, 0.1) is 0 Å². The molecule has 3 heteroatoms. The Bertz CT molecular complexity index is 451. The van der Waals surface area contributed by atoms with Gasteiger partial charge in [-0.2, -0.15) is 0 Å². The number of nitrogens with one attached hydrogen (secondary N) is 1. The minimum atomic E-state index is -0.0338. The van der Waals surface area contributed by atoms with Gasteiger partial charge < -0.3 is 4.72 Å². The van der Waals surface area contributed by atoms with Crippen LogP contribution in [0.25, 0.3) is 0 Å². The van der Waals surface area contributed by atoms with Crippen LogP contribution >= 0.6 is 11.9 Å². The normalized spacial score (nSPS) is 15.2. The summed E-state index contributed by atoms with van der Waals surface area (Å²) in [6, 6.07) is 8.45. The van der Waals surface area contributed by atoms with Gasteiger partial charge in [0, 0.05) is 17.0 Å². The van der Waals surface area contributed by atoms with Crippen LogP contribution in [0.2, 0.25) is 0 Å². The quantitative estimate of drug-likeness (QED) is 0.795.